The molecule has 34 heavy (non-hydrogen) atoms. The maximum Gasteiger partial charge on any atom is 0.244 e. The Morgan fingerprint density at radius 2 is 1.50 bits per heavy atom. The van der Waals surface area contributed by atoms with Crippen LogP contribution in [0.3, 0.4) is 0 Å². The summed E-state index contributed by atoms with van der Waals surface area (Å²) in [5.41, 5.74) is 3.45. The number of nitrogens with zero attached hydrogens (tertiary/aromatic N) is 2. The maximum absolute atomic E-state index is 13.6. The summed E-state index contributed by atoms with van der Waals surface area (Å²) in [5, 5.41) is 2.92. The van der Waals surface area contributed by atoms with Crippen LogP contribution < -0.4 is 9.62 Å². The molecule has 0 radical (unpaired) electrons. The summed E-state index contributed by atoms with van der Waals surface area (Å²) >= 11 is 0. The van der Waals surface area contributed by atoms with Crippen LogP contribution in [0.4, 0.5) is 5.69 Å². The van der Waals surface area contributed by atoms with Gasteiger partial charge in [-0.3, -0.25) is 13.9 Å². The van der Waals surface area contributed by atoms with Gasteiger partial charge in [0.15, 0.2) is 0 Å². The van der Waals surface area contributed by atoms with E-state index in [0.29, 0.717) is 5.69 Å². The number of amides is 2. The number of anilines is 1. The second kappa shape index (κ2) is 10.6. The molecular weight excluding hydrogens is 450 g/mol. The van der Waals surface area contributed by atoms with E-state index in [1.54, 1.807) is 6.92 Å². The lowest BCUT2D eigenvalue weighted by Gasteiger charge is -2.33. The van der Waals surface area contributed by atoms with Crippen molar-refractivity contribution in [1.82, 2.24) is 10.2 Å². The third kappa shape index (κ3) is 7.32. The van der Waals surface area contributed by atoms with Gasteiger partial charge >= 0.3 is 0 Å². The molecule has 0 saturated heterocycles. The molecule has 0 bridgehead atoms. The van der Waals surface area contributed by atoms with Crippen LogP contribution in [0, 0.1) is 20.8 Å². The lowest BCUT2D eigenvalue weighted by atomic mass is 10.1. The van der Waals surface area contributed by atoms with Crippen molar-refractivity contribution in [2.75, 3.05) is 17.1 Å². The summed E-state index contributed by atoms with van der Waals surface area (Å²) in [6, 6.07) is 12.4. The molecule has 1 N–H and O–H groups in total. The van der Waals surface area contributed by atoms with E-state index in [-0.39, 0.29) is 12.5 Å². The normalized spacial score (nSPS) is 12.7. The van der Waals surface area contributed by atoms with Gasteiger partial charge in [0.1, 0.15) is 12.6 Å². The smallest absolute Gasteiger partial charge is 0.244 e. The summed E-state index contributed by atoms with van der Waals surface area (Å²) in [5.74, 6) is -0.754. The van der Waals surface area contributed by atoms with E-state index in [1.165, 1.54) is 4.90 Å². The molecular formula is C26H37N3O4S. The number of aryl methyl sites for hydroxylation is 3. The molecule has 7 nitrogen and oxygen atoms in total. The van der Waals surface area contributed by atoms with Crippen molar-refractivity contribution in [2.24, 2.45) is 0 Å². The van der Waals surface area contributed by atoms with Crippen LogP contribution in [0.15, 0.2) is 42.5 Å². The average Bonchev–Trinajstić information content (AvgIpc) is 2.69. The zero-order valence-electron chi connectivity index (χ0n) is 21.5. The molecule has 0 heterocycles. The number of rotatable bonds is 8. The van der Waals surface area contributed by atoms with E-state index < -0.39 is 34.1 Å². The lowest BCUT2D eigenvalue weighted by molar-refractivity contribution is -0.140. The predicted molar refractivity (Wildman–Crippen MR) is 137 cm³/mol. The summed E-state index contributed by atoms with van der Waals surface area (Å²) in [6.07, 6.45) is 1.09. The molecule has 2 rings (SSSR count). The Hall–Kier alpha value is -2.87. The van der Waals surface area contributed by atoms with Gasteiger partial charge < -0.3 is 10.2 Å². The number of sulfonamides is 1. The molecule has 186 valence electrons. The molecule has 2 aromatic carbocycles. The van der Waals surface area contributed by atoms with Crippen LogP contribution in [0.1, 0.15) is 49.9 Å². The Bertz CT molecular complexity index is 1120. The van der Waals surface area contributed by atoms with Crippen LogP contribution in [0.5, 0.6) is 0 Å². The minimum atomic E-state index is -3.76. The summed E-state index contributed by atoms with van der Waals surface area (Å²) in [6.45, 7) is 12.7. The Morgan fingerprint density at radius 3 is 1.97 bits per heavy atom. The van der Waals surface area contributed by atoms with Crippen molar-refractivity contribution in [3.8, 4) is 0 Å². The van der Waals surface area contributed by atoms with Crippen molar-refractivity contribution >= 4 is 27.5 Å². The van der Waals surface area contributed by atoms with Gasteiger partial charge in [0.2, 0.25) is 21.8 Å². The molecule has 1 unspecified atom stereocenters. The van der Waals surface area contributed by atoms with E-state index in [0.717, 1.165) is 32.8 Å². The number of carbonyl (C=O) groups excluding carboxylic acids is 2. The quantitative estimate of drug-likeness (QED) is 0.615. The molecule has 8 heteroatoms. The molecule has 2 aromatic rings. The maximum atomic E-state index is 13.6. The van der Waals surface area contributed by atoms with Crippen LogP contribution in [0.25, 0.3) is 0 Å². The van der Waals surface area contributed by atoms with Gasteiger partial charge in [0, 0.05) is 12.1 Å². The number of nitrogens with one attached hydrogen (secondary N) is 1. The fourth-order valence-corrected chi connectivity index (χ4v) is 4.69. The Balaban J connectivity index is 2.45. The highest BCUT2D eigenvalue weighted by molar-refractivity contribution is 7.92. The van der Waals surface area contributed by atoms with Gasteiger partial charge in [-0.15, -0.1) is 0 Å². The minimum Gasteiger partial charge on any atom is -0.350 e. The lowest BCUT2D eigenvalue weighted by Crippen LogP contribution is -2.54. The highest BCUT2D eigenvalue weighted by atomic mass is 32.2. The Kier molecular flexibility index (Phi) is 8.53. The van der Waals surface area contributed by atoms with Crippen molar-refractivity contribution in [3.63, 3.8) is 0 Å². The van der Waals surface area contributed by atoms with Gasteiger partial charge in [-0.25, -0.2) is 8.42 Å². The fourth-order valence-electron chi connectivity index (χ4n) is 3.72. The van der Waals surface area contributed by atoms with E-state index in [1.807, 2.05) is 84.0 Å². The molecule has 0 saturated carbocycles. The molecule has 0 fully saturated rings. The van der Waals surface area contributed by atoms with Gasteiger partial charge in [-0.05, 0) is 65.2 Å². The highest BCUT2D eigenvalue weighted by Gasteiger charge is 2.32. The van der Waals surface area contributed by atoms with Crippen molar-refractivity contribution in [2.45, 2.75) is 66.6 Å². The topological polar surface area (TPSA) is 86.8 Å². The third-order valence-electron chi connectivity index (χ3n) is 5.51. The number of hydrogen-bond acceptors (Lipinski definition) is 4. The first-order valence-corrected chi connectivity index (χ1v) is 13.2. The zero-order valence-corrected chi connectivity index (χ0v) is 22.3. The zero-order chi connectivity index (χ0) is 25.8. The average molecular weight is 488 g/mol. The molecule has 0 spiro atoms. The first kappa shape index (κ1) is 27.4. The molecule has 1 atom stereocenters. The van der Waals surface area contributed by atoms with E-state index in [9.17, 15) is 18.0 Å². The third-order valence-corrected chi connectivity index (χ3v) is 6.62. The van der Waals surface area contributed by atoms with Gasteiger partial charge in [0.25, 0.3) is 0 Å². The monoisotopic (exact) mass is 487 g/mol. The SMILES string of the molecule is Cc1ccc(CN(C(=O)CN(c2c(C)cccc2C)S(C)(=O)=O)C(C)C(=O)NC(C)(C)C)cc1. The highest BCUT2D eigenvalue weighted by Crippen LogP contribution is 2.27. The molecule has 2 amide bonds. The first-order chi connectivity index (χ1) is 15.6. The van der Waals surface area contributed by atoms with Crippen LogP contribution >= 0.6 is 0 Å². The molecule has 0 aliphatic heterocycles. The fraction of sp³-hybridized carbons (Fsp3) is 0.462. The van der Waals surface area contributed by atoms with E-state index in [4.69, 9.17) is 0 Å². The summed E-state index contributed by atoms with van der Waals surface area (Å²) in [4.78, 5) is 28.0. The number of para-hydroxylation sites is 1. The Morgan fingerprint density at radius 1 is 0.971 bits per heavy atom. The van der Waals surface area contributed by atoms with Crippen molar-refractivity contribution < 1.29 is 18.0 Å². The van der Waals surface area contributed by atoms with Gasteiger partial charge in [0.05, 0.1) is 11.9 Å². The Labute approximate surface area is 204 Å². The molecule has 0 aromatic heterocycles. The summed E-state index contributed by atoms with van der Waals surface area (Å²) in [7, 11) is -3.76. The van der Waals surface area contributed by atoms with Crippen molar-refractivity contribution in [3.05, 3.63) is 64.7 Å². The molecule has 0 aliphatic rings. The van der Waals surface area contributed by atoms with Gasteiger partial charge in [-0.2, -0.15) is 0 Å². The van der Waals surface area contributed by atoms with E-state index in [2.05, 4.69) is 5.32 Å². The second-order valence-electron chi connectivity index (χ2n) is 9.93. The number of benzene rings is 2. The summed E-state index contributed by atoms with van der Waals surface area (Å²) < 4.78 is 26.7. The minimum absolute atomic E-state index is 0.183. The molecule has 0 aliphatic carbocycles. The van der Waals surface area contributed by atoms with Crippen LogP contribution in [0.2, 0.25) is 0 Å². The number of hydrogen-bond donors (Lipinski definition) is 1. The second-order valence-corrected chi connectivity index (χ2v) is 11.8. The van der Waals surface area contributed by atoms with Crippen LogP contribution in [-0.2, 0) is 26.2 Å². The van der Waals surface area contributed by atoms with Crippen molar-refractivity contribution in [1.29, 1.82) is 0 Å². The largest absolute Gasteiger partial charge is 0.350 e. The standard InChI is InChI=1S/C26H37N3O4S/c1-18-12-14-22(15-13-18)16-28(21(4)25(31)27-26(5,6)7)23(30)17-29(34(8,32)33)24-19(2)10-9-11-20(24)3/h9-15,21H,16-17H2,1-8H3,(H,27,31). The first-order valence-electron chi connectivity index (χ1n) is 11.3. The van der Waals surface area contributed by atoms with Gasteiger partial charge in [-0.1, -0.05) is 48.0 Å². The van der Waals surface area contributed by atoms with Crippen LogP contribution in [-0.4, -0.2) is 49.5 Å². The predicted octanol–water partition coefficient (Wildman–Crippen LogP) is 3.71. The van der Waals surface area contributed by atoms with E-state index >= 15 is 0 Å². The number of carbonyl (C=O) groups is 2.